The van der Waals surface area contributed by atoms with Gasteiger partial charge in [-0.25, -0.2) is 4.79 Å². The lowest BCUT2D eigenvalue weighted by Crippen LogP contribution is -2.33. The molecule has 1 saturated carbocycles. The summed E-state index contributed by atoms with van der Waals surface area (Å²) in [5.74, 6) is -0.298. The first-order valence-corrected chi connectivity index (χ1v) is 7.78. The summed E-state index contributed by atoms with van der Waals surface area (Å²) in [7, 11) is 0. The number of amides is 1. The zero-order valence-electron chi connectivity index (χ0n) is 12.9. The molecule has 2 rings (SSSR count). The van der Waals surface area contributed by atoms with Crippen LogP contribution in [-0.2, 0) is 14.3 Å². The molecule has 0 saturated heterocycles. The van der Waals surface area contributed by atoms with Crippen molar-refractivity contribution in [1.29, 1.82) is 5.26 Å². The number of furan rings is 1. The number of nitrogens with zero attached hydrogens (tertiary/aromatic N) is 1. The minimum Gasteiger partial charge on any atom is -0.465 e. The quantitative estimate of drug-likeness (QED) is 0.494. The van der Waals surface area contributed by atoms with Gasteiger partial charge in [0.05, 0.1) is 6.26 Å². The summed E-state index contributed by atoms with van der Waals surface area (Å²) in [5.41, 5.74) is -0.208. The summed E-state index contributed by atoms with van der Waals surface area (Å²) < 4.78 is 9.89. The van der Waals surface area contributed by atoms with E-state index < -0.39 is 5.97 Å². The maximum absolute atomic E-state index is 11.8. The molecule has 1 heterocycles. The van der Waals surface area contributed by atoms with Gasteiger partial charge in [0.2, 0.25) is 0 Å². The van der Waals surface area contributed by atoms with Crippen LogP contribution in [0.15, 0.2) is 28.4 Å². The highest BCUT2D eigenvalue weighted by atomic mass is 16.5. The van der Waals surface area contributed by atoms with Gasteiger partial charge in [-0.2, -0.15) is 5.26 Å². The van der Waals surface area contributed by atoms with Crippen molar-refractivity contribution in [1.82, 2.24) is 5.32 Å². The van der Waals surface area contributed by atoms with Crippen LogP contribution in [0.2, 0.25) is 0 Å². The topological polar surface area (TPSA) is 92.3 Å². The fraction of sp³-hybridized carbons (Fsp3) is 0.471. The van der Waals surface area contributed by atoms with Gasteiger partial charge in [-0.1, -0.05) is 19.3 Å². The third-order valence-electron chi connectivity index (χ3n) is 3.82. The molecular formula is C17H20N2O4. The Morgan fingerprint density at radius 2 is 2.17 bits per heavy atom. The van der Waals surface area contributed by atoms with Gasteiger partial charge in [0, 0.05) is 12.6 Å². The van der Waals surface area contributed by atoms with Crippen LogP contribution in [0.4, 0.5) is 0 Å². The maximum Gasteiger partial charge on any atom is 0.349 e. The number of hydrogen-bond acceptors (Lipinski definition) is 5. The van der Waals surface area contributed by atoms with Crippen molar-refractivity contribution in [2.45, 2.75) is 32.1 Å². The molecule has 0 spiro atoms. The minimum atomic E-state index is -0.836. The molecule has 0 aromatic carbocycles. The van der Waals surface area contributed by atoms with Crippen molar-refractivity contribution in [2.24, 2.45) is 5.92 Å². The highest BCUT2D eigenvalue weighted by Crippen LogP contribution is 2.22. The Labute approximate surface area is 135 Å². The van der Waals surface area contributed by atoms with E-state index >= 15 is 0 Å². The van der Waals surface area contributed by atoms with Crippen LogP contribution in [0.5, 0.6) is 0 Å². The lowest BCUT2D eigenvalue weighted by molar-refractivity contribution is -0.144. The molecule has 6 nitrogen and oxygen atoms in total. The number of carbonyl (C=O) groups is 2. The van der Waals surface area contributed by atoms with Crippen LogP contribution in [-0.4, -0.2) is 25.0 Å². The molecule has 0 radical (unpaired) electrons. The van der Waals surface area contributed by atoms with E-state index in [1.54, 1.807) is 18.2 Å². The first-order chi connectivity index (χ1) is 11.2. The molecular weight excluding hydrogens is 296 g/mol. The van der Waals surface area contributed by atoms with E-state index in [-0.39, 0.29) is 18.1 Å². The van der Waals surface area contributed by atoms with Crippen LogP contribution < -0.4 is 5.32 Å². The Kier molecular flexibility index (Phi) is 6.42. The number of hydrogen-bond donors (Lipinski definition) is 1. The summed E-state index contributed by atoms with van der Waals surface area (Å²) in [6.07, 6.45) is 8.65. The first kappa shape index (κ1) is 16.8. The van der Waals surface area contributed by atoms with Crippen molar-refractivity contribution in [2.75, 3.05) is 13.2 Å². The van der Waals surface area contributed by atoms with Gasteiger partial charge in [0.25, 0.3) is 5.91 Å². The Bertz CT molecular complexity index is 593. The van der Waals surface area contributed by atoms with E-state index in [0.29, 0.717) is 18.2 Å². The van der Waals surface area contributed by atoms with Gasteiger partial charge >= 0.3 is 5.97 Å². The predicted octanol–water partition coefficient (Wildman–Crippen LogP) is 2.43. The van der Waals surface area contributed by atoms with Crippen molar-refractivity contribution in [3.05, 3.63) is 29.7 Å². The van der Waals surface area contributed by atoms with Gasteiger partial charge in [-0.15, -0.1) is 0 Å². The van der Waals surface area contributed by atoms with Crippen LogP contribution in [0.1, 0.15) is 37.9 Å². The Morgan fingerprint density at radius 1 is 1.39 bits per heavy atom. The van der Waals surface area contributed by atoms with Gasteiger partial charge in [0.15, 0.2) is 6.61 Å². The summed E-state index contributed by atoms with van der Waals surface area (Å²) in [6, 6.07) is 5.00. The molecule has 1 aliphatic carbocycles. The number of nitriles is 1. The predicted molar refractivity (Wildman–Crippen MR) is 82.8 cm³/mol. The molecule has 0 unspecified atom stereocenters. The fourth-order valence-electron chi connectivity index (χ4n) is 2.56. The monoisotopic (exact) mass is 316 g/mol. The number of nitrogens with one attached hydrogen (secondary N) is 1. The van der Waals surface area contributed by atoms with Crippen LogP contribution in [0, 0.1) is 17.2 Å². The van der Waals surface area contributed by atoms with Crippen LogP contribution >= 0.6 is 0 Å². The van der Waals surface area contributed by atoms with Crippen LogP contribution in [0.25, 0.3) is 6.08 Å². The van der Waals surface area contributed by atoms with Gasteiger partial charge in [-0.05, 0) is 30.9 Å². The van der Waals surface area contributed by atoms with Crippen molar-refractivity contribution in [3.8, 4) is 6.07 Å². The highest BCUT2D eigenvalue weighted by molar-refractivity contribution is 5.98. The molecule has 1 aromatic rings. The van der Waals surface area contributed by atoms with Crippen molar-refractivity contribution >= 4 is 18.0 Å². The SMILES string of the molecule is N#C/C(=C\c1ccco1)C(=O)OCC(=O)NCC1CCCCC1. The molecule has 1 amide bonds. The smallest absolute Gasteiger partial charge is 0.349 e. The minimum absolute atomic E-state index is 0.208. The first-order valence-electron chi connectivity index (χ1n) is 7.78. The third kappa shape index (κ3) is 5.62. The van der Waals surface area contributed by atoms with E-state index in [9.17, 15) is 9.59 Å². The van der Waals surface area contributed by atoms with E-state index in [2.05, 4.69) is 5.32 Å². The number of esters is 1. The second kappa shape index (κ2) is 8.79. The second-order valence-corrected chi connectivity index (χ2v) is 5.57. The average Bonchev–Trinajstić information content (AvgIpc) is 3.09. The van der Waals surface area contributed by atoms with E-state index in [1.807, 2.05) is 0 Å². The summed E-state index contributed by atoms with van der Waals surface area (Å²) >= 11 is 0. The van der Waals surface area contributed by atoms with Crippen molar-refractivity contribution < 1.29 is 18.7 Å². The standard InChI is InChI=1S/C17H20N2O4/c18-10-14(9-15-7-4-8-22-15)17(21)23-12-16(20)19-11-13-5-2-1-3-6-13/h4,7-9,13H,1-3,5-6,11-12H2,(H,19,20)/b14-9+. The summed E-state index contributed by atoms with van der Waals surface area (Å²) in [6.45, 7) is 0.229. The molecule has 1 aromatic heterocycles. The molecule has 0 atom stereocenters. The maximum atomic E-state index is 11.8. The molecule has 0 aliphatic heterocycles. The Hall–Kier alpha value is -2.55. The number of rotatable bonds is 6. The highest BCUT2D eigenvalue weighted by Gasteiger charge is 2.16. The lowest BCUT2D eigenvalue weighted by Gasteiger charge is -2.21. The zero-order valence-corrected chi connectivity index (χ0v) is 12.9. The molecule has 1 N–H and O–H groups in total. The largest absolute Gasteiger partial charge is 0.465 e. The summed E-state index contributed by atoms with van der Waals surface area (Å²) in [4.78, 5) is 23.5. The summed E-state index contributed by atoms with van der Waals surface area (Å²) in [5, 5.41) is 11.7. The number of ether oxygens (including phenoxy) is 1. The van der Waals surface area contributed by atoms with Crippen molar-refractivity contribution in [3.63, 3.8) is 0 Å². The van der Waals surface area contributed by atoms with Gasteiger partial charge < -0.3 is 14.5 Å². The average molecular weight is 316 g/mol. The van der Waals surface area contributed by atoms with Gasteiger partial charge in [-0.3, -0.25) is 4.79 Å². The normalized spacial score (nSPS) is 15.7. The third-order valence-corrected chi connectivity index (χ3v) is 3.82. The lowest BCUT2D eigenvalue weighted by atomic mass is 9.89. The number of carbonyl (C=O) groups excluding carboxylic acids is 2. The molecule has 0 bridgehead atoms. The van der Waals surface area contributed by atoms with Crippen LogP contribution in [0.3, 0.4) is 0 Å². The van der Waals surface area contributed by atoms with Gasteiger partial charge in [0.1, 0.15) is 17.4 Å². The molecule has 6 heteroatoms. The Morgan fingerprint density at radius 3 is 2.83 bits per heavy atom. The van der Waals surface area contributed by atoms with E-state index in [0.717, 1.165) is 12.8 Å². The Balaban J connectivity index is 1.74. The molecule has 1 fully saturated rings. The molecule has 1 aliphatic rings. The fourth-order valence-corrected chi connectivity index (χ4v) is 2.56. The van der Waals surface area contributed by atoms with E-state index in [1.165, 1.54) is 31.6 Å². The second-order valence-electron chi connectivity index (χ2n) is 5.57. The molecule has 122 valence electrons. The molecule has 23 heavy (non-hydrogen) atoms. The zero-order chi connectivity index (χ0) is 16.5. The van der Waals surface area contributed by atoms with E-state index in [4.69, 9.17) is 14.4 Å².